The number of amides is 1. The van der Waals surface area contributed by atoms with Gasteiger partial charge in [-0.3, -0.25) is 14.2 Å². The molecule has 1 N–H and O–H groups in total. The molecule has 4 aromatic rings. The van der Waals surface area contributed by atoms with Crippen LogP contribution in [0.4, 0.5) is 0 Å². The van der Waals surface area contributed by atoms with Crippen molar-refractivity contribution in [3.05, 3.63) is 118 Å². The van der Waals surface area contributed by atoms with Gasteiger partial charge >= 0.3 is 0 Å². The molecule has 0 radical (unpaired) electrons. The Balaban J connectivity index is 1.25. The summed E-state index contributed by atoms with van der Waals surface area (Å²) in [5, 5.41) is 11.6. The van der Waals surface area contributed by atoms with Gasteiger partial charge in [-0.15, -0.1) is 0 Å². The molecular weight excluding hydrogens is 633 g/mol. The molecule has 0 aliphatic carbocycles. The van der Waals surface area contributed by atoms with Crippen LogP contribution in [-0.2, 0) is 28.9 Å². The molecule has 1 aromatic heterocycles. The molecule has 2 aliphatic rings. The predicted octanol–water partition coefficient (Wildman–Crippen LogP) is 5.51. The number of aromatic nitrogens is 1. The van der Waals surface area contributed by atoms with E-state index in [9.17, 15) is 14.7 Å². The molecule has 3 heterocycles. The summed E-state index contributed by atoms with van der Waals surface area (Å²) in [5.41, 5.74) is 4.24. The van der Waals surface area contributed by atoms with Crippen molar-refractivity contribution in [2.75, 3.05) is 20.8 Å². The predicted molar refractivity (Wildman–Crippen MR) is 195 cm³/mol. The minimum atomic E-state index is -2.18. The maximum absolute atomic E-state index is 14.2. The van der Waals surface area contributed by atoms with Gasteiger partial charge in [-0.05, 0) is 83.8 Å². The Bertz CT molecular complexity index is 1820. The highest BCUT2D eigenvalue weighted by atomic mass is 28.3. The first-order chi connectivity index (χ1) is 23.6. The number of aliphatic hydroxyl groups is 1. The third kappa shape index (κ3) is 7.11. The van der Waals surface area contributed by atoms with Crippen LogP contribution in [0.15, 0.2) is 95.9 Å². The Morgan fingerprint density at radius 3 is 2.41 bits per heavy atom. The molecule has 5 atom stereocenters. The molecule has 8 nitrogen and oxygen atoms in total. The minimum Gasteiger partial charge on any atom is -0.497 e. The van der Waals surface area contributed by atoms with Crippen LogP contribution >= 0.6 is 0 Å². The number of aryl methyl sites for hydroxylation is 1. The van der Waals surface area contributed by atoms with Crippen molar-refractivity contribution in [2.45, 2.75) is 76.0 Å². The van der Waals surface area contributed by atoms with Gasteiger partial charge in [0.1, 0.15) is 5.75 Å². The van der Waals surface area contributed by atoms with E-state index in [2.05, 4.69) is 56.4 Å². The SMILES string of the molecule is COc1ccc([Si](C)(C)[C@H]2[C@H](C)[C@H](CCc3cccc(-n4cccc(OC)c4=O)c3)O[C@@H]2CC(=O)N2Cc3ccccc3C[C@H]2CO)cc1. The zero-order chi connectivity index (χ0) is 34.7. The average molecular weight is 681 g/mol. The van der Waals surface area contributed by atoms with Crippen molar-refractivity contribution < 1.29 is 24.1 Å². The number of ether oxygens (including phenoxy) is 3. The van der Waals surface area contributed by atoms with Crippen LogP contribution in [-0.4, -0.2) is 67.6 Å². The highest BCUT2D eigenvalue weighted by Gasteiger charge is 2.51. The lowest BCUT2D eigenvalue weighted by atomic mass is 9.93. The summed E-state index contributed by atoms with van der Waals surface area (Å²) in [7, 11) is 1.01. The van der Waals surface area contributed by atoms with Crippen LogP contribution in [0.5, 0.6) is 11.5 Å². The van der Waals surface area contributed by atoms with Gasteiger partial charge < -0.3 is 24.2 Å². The number of methoxy groups -OCH3 is 2. The van der Waals surface area contributed by atoms with Crippen molar-refractivity contribution in [1.82, 2.24) is 9.47 Å². The monoisotopic (exact) mass is 680 g/mol. The number of nitrogens with zero attached hydrogens (tertiary/aromatic N) is 2. The number of aliphatic hydroxyl groups excluding tert-OH is 1. The Kier molecular flexibility index (Phi) is 10.4. The van der Waals surface area contributed by atoms with E-state index >= 15 is 0 Å². The number of hydrogen-bond donors (Lipinski definition) is 1. The maximum atomic E-state index is 14.2. The lowest BCUT2D eigenvalue weighted by molar-refractivity contribution is -0.138. The summed E-state index contributed by atoms with van der Waals surface area (Å²) in [5.74, 6) is 1.39. The third-order valence-electron chi connectivity index (χ3n) is 10.9. The van der Waals surface area contributed by atoms with Crippen molar-refractivity contribution in [3.63, 3.8) is 0 Å². The molecule has 258 valence electrons. The number of hydrogen-bond acceptors (Lipinski definition) is 6. The van der Waals surface area contributed by atoms with E-state index in [1.54, 1.807) is 23.9 Å². The summed E-state index contributed by atoms with van der Waals surface area (Å²) in [6.07, 6.45) is 3.98. The highest BCUT2D eigenvalue weighted by molar-refractivity contribution is 6.91. The van der Waals surface area contributed by atoms with E-state index in [1.165, 1.54) is 17.9 Å². The maximum Gasteiger partial charge on any atom is 0.297 e. The van der Waals surface area contributed by atoms with Gasteiger partial charge in [0.2, 0.25) is 5.91 Å². The summed E-state index contributed by atoms with van der Waals surface area (Å²) >= 11 is 0. The smallest absolute Gasteiger partial charge is 0.297 e. The zero-order valence-electron chi connectivity index (χ0n) is 29.2. The number of rotatable bonds is 11. The molecule has 1 saturated heterocycles. The highest BCUT2D eigenvalue weighted by Crippen LogP contribution is 2.47. The standard InChI is InChI=1S/C40H48N2O6Si/c1-27-35(20-15-28-10-8-13-31(22-28)41-21-9-14-36(47-3)40(41)45)48-37(39(27)49(4,5)34-18-16-33(46-2)17-19-34)24-38(44)42-25-30-12-7-6-11-29(30)23-32(42)26-43/h6-14,16-19,21-22,27,32,35,37,39,43H,15,20,23-26H2,1-5H3/t27-,32+,35+,37-,39+/m1/s1. The minimum absolute atomic E-state index is 0.0346. The first kappa shape index (κ1) is 34.7. The molecule has 1 amide bonds. The van der Waals surface area contributed by atoms with Crippen molar-refractivity contribution in [1.29, 1.82) is 0 Å². The Morgan fingerprint density at radius 1 is 0.939 bits per heavy atom. The van der Waals surface area contributed by atoms with E-state index in [0.29, 0.717) is 18.7 Å². The number of benzene rings is 3. The Hall–Kier alpha value is -4.18. The van der Waals surface area contributed by atoms with Crippen molar-refractivity contribution in [3.8, 4) is 17.2 Å². The fraction of sp³-hybridized carbons (Fsp3) is 0.400. The van der Waals surface area contributed by atoms with Gasteiger partial charge in [0, 0.05) is 18.4 Å². The van der Waals surface area contributed by atoms with Crippen LogP contribution in [0.2, 0.25) is 18.6 Å². The van der Waals surface area contributed by atoms with Crippen molar-refractivity contribution in [2.24, 2.45) is 5.92 Å². The number of fused-ring (bicyclic) bond motifs is 1. The van der Waals surface area contributed by atoms with Crippen LogP contribution in [0.3, 0.4) is 0 Å². The van der Waals surface area contributed by atoms with Crippen LogP contribution in [0.1, 0.15) is 36.5 Å². The van der Waals surface area contributed by atoms with Crippen molar-refractivity contribution >= 4 is 19.2 Å². The lowest BCUT2D eigenvalue weighted by Gasteiger charge is -2.39. The van der Waals surface area contributed by atoms with E-state index in [-0.39, 0.29) is 54.2 Å². The molecule has 9 heteroatoms. The summed E-state index contributed by atoms with van der Waals surface area (Å²) in [4.78, 5) is 28.9. The summed E-state index contributed by atoms with van der Waals surface area (Å²) in [6.45, 7) is 7.51. The largest absolute Gasteiger partial charge is 0.497 e. The fourth-order valence-electron chi connectivity index (χ4n) is 8.18. The summed E-state index contributed by atoms with van der Waals surface area (Å²) < 4.78 is 19.3. The first-order valence-electron chi connectivity index (χ1n) is 17.3. The second kappa shape index (κ2) is 14.7. The van der Waals surface area contributed by atoms with Crippen LogP contribution < -0.4 is 20.2 Å². The molecule has 0 spiro atoms. The molecule has 3 aromatic carbocycles. The van der Waals surface area contributed by atoms with Gasteiger partial charge in [-0.1, -0.05) is 73.7 Å². The second-order valence-corrected chi connectivity index (χ2v) is 18.7. The van der Waals surface area contributed by atoms with Gasteiger partial charge in [-0.2, -0.15) is 0 Å². The van der Waals surface area contributed by atoms with Gasteiger partial charge in [0.15, 0.2) is 5.75 Å². The van der Waals surface area contributed by atoms with Gasteiger partial charge in [0.05, 0.1) is 53.6 Å². The molecule has 1 fully saturated rings. The van der Waals surface area contributed by atoms with Crippen LogP contribution in [0, 0.1) is 5.92 Å². The molecule has 0 bridgehead atoms. The van der Waals surface area contributed by atoms with Gasteiger partial charge in [0.25, 0.3) is 5.56 Å². The first-order valence-corrected chi connectivity index (χ1v) is 20.3. The van der Waals surface area contributed by atoms with E-state index in [0.717, 1.165) is 35.4 Å². The summed E-state index contributed by atoms with van der Waals surface area (Å²) in [6, 6.07) is 27.9. The average Bonchev–Trinajstić information content (AvgIpc) is 3.44. The van der Waals surface area contributed by atoms with E-state index in [1.807, 2.05) is 47.4 Å². The molecule has 49 heavy (non-hydrogen) atoms. The molecular formula is C40H48N2O6Si. The lowest BCUT2D eigenvalue weighted by Crippen LogP contribution is -2.52. The van der Waals surface area contributed by atoms with Crippen LogP contribution in [0.25, 0.3) is 5.69 Å². The molecule has 6 rings (SSSR count). The zero-order valence-corrected chi connectivity index (χ0v) is 30.2. The Labute approximate surface area is 290 Å². The number of carbonyl (C=O) groups is 1. The normalized spacial score (nSPS) is 22.1. The Morgan fingerprint density at radius 2 is 1.69 bits per heavy atom. The third-order valence-corrected chi connectivity index (χ3v) is 15.3. The molecule has 0 unspecified atom stereocenters. The fourth-order valence-corrected chi connectivity index (χ4v) is 12.2. The van der Waals surface area contributed by atoms with E-state index < -0.39 is 8.07 Å². The topological polar surface area (TPSA) is 90.2 Å². The molecule has 2 aliphatic heterocycles. The number of carbonyl (C=O) groups excluding carboxylic acids is 1. The van der Waals surface area contributed by atoms with Gasteiger partial charge in [-0.25, -0.2) is 0 Å². The molecule has 0 saturated carbocycles. The van der Waals surface area contributed by atoms with E-state index in [4.69, 9.17) is 14.2 Å². The number of pyridine rings is 1. The second-order valence-electron chi connectivity index (χ2n) is 14.0. The quantitative estimate of drug-likeness (QED) is 0.210.